The molecule has 0 heterocycles. The van der Waals surface area contributed by atoms with Crippen molar-refractivity contribution in [3.8, 4) is 0 Å². The first-order valence-corrected chi connectivity index (χ1v) is 6.23. The normalized spacial score (nSPS) is 20.6. The fourth-order valence-corrected chi connectivity index (χ4v) is 2.15. The first kappa shape index (κ1) is 12.9. The number of hydrogen-bond donors (Lipinski definition) is 2. The van der Waals surface area contributed by atoms with Gasteiger partial charge in [0.2, 0.25) is 0 Å². The van der Waals surface area contributed by atoms with Crippen LogP contribution in [0.2, 0.25) is 0 Å². The van der Waals surface area contributed by atoms with Gasteiger partial charge < -0.3 is 15.3 Å². The molecule has 1 rings (SSSR count). The van der Waals surface area contributed by atoms with Crippen LogP contribution in [0.5, 0.6) is 0 Å². The van der Waals surface area contributed by atoms with Gasteiger partial charge >= 0.3 is 0 Å². The molecule has 0 amide bonds. The van der Waals surface area contributed by atoms with E-state index in [1.165, 1.54) is 12.8 Å². The fourth-order valence-electron chi connectivity index (χ4n) is 2.15. The van der Waals surface area contributed by atoms with Crippen LogP contribution in [0.25, 0.3) is 0 Å². The Kier molecular flexibility index (Phi) is 5.58. The Bertz CT molecular complexity index is 165. The molecular formula is C12H26N2O. The van der Waals surface area contributed by atoms with Crippen molar-refractivity contribution >= 4 is 0 Å². The molecule has 3 heteroatoms. The second-order valence-electron chi connectivity index (χ2n) is 4.78. The zero-order valence-corrected chi connectivity index (χ0v) is 10.4. The van der Waals surface area contributed by atoms with Gasteiger partial charge in [-0.3, -0.25) is 0 Å². The maximum absolute atomic E-state index is 8.98. The molecule has 0 bridgehead atoms. The number of nitrogens with zero attached hydrogens (tertiary/aromatic N) is 1. The van der Waals surface area contributed by atoms with Crippen LogP contribution in [-0.2, 0) is 0 Å². The van der Waals surface area contributed by atoms with Crippen molar-refractivity contribution in [1.29, 1.82) is 0 Å². The molecule has 0 aromatic heterocycles. The summed E-state index contributed by atoms with van der Waals surface area (Å²) < 4.78 is 0. The molecule has 1 saturated carbocycles. The van der Waals surface area contributed by atoms with Crippen molar-refractivity contribution in [3.05, 3.63) is 0 Å². The summed E-state index contributed by atoms with van der Waals surface area (Å²) in [6.45, 7) is 6.75. The maximum Gasteiger partial charge on any atom is 0.0446 e. The van der Waals surface area contributed by atoms with E-state index in [-0.39, 0.29) is 6.61 Å². The topological polar surface area (TPSA) is 35.5 Å². The van der Waals surface area contributed by atoms with Gasteiger partial charge in [0.15, 0.2) is 0 Å². The lowest BCUT2D eigenvalue weighted by molar-refractivity contribution is 0.188. The van der Waals surface area contributed by atoms with Crippen LogP contribution in [0, 0.1) is 5.92 Å². The maximum atomic E-state index is 8.98. The number of likely N-dealkylation sites (N-methyl/N-ethyl adjacent to an activating group) is 2. The molecular weight excluding hydrogens is 188 g/mol. The highest BCUT2D eigenvalue weighted by Crippen LogP contribution is 2.34. The molecule has 2 unspecified atom stereocenters. The third-order valence-corrected chi connectivity index (χ3v) is 3.48. The second-order valence-corrected chi connectivity index (χ2v) is 4.78. The van der Waals surface area contributed by atoms with Gasteiger partial charge in [0.05, 0.1) is 0 Å². The average molecular weight is 214 g/mol. The molecule has 15 heavy (non-hydrogen) atoms. The zero-order valence-electron chi connectivity index (χ0n) is 10.4. The van der Waals surface area contributed by atoms with Crippen molar-refractivity contribution in [2.75, 3.05) is 26.7 Å². The van der Waals surface area contributed by atoms with E-state index < -0.39 is 0 Å². The molecule has 2 N–H and O–H groups in total. The molecule has 2 atom stereocenters. The summed E-state index contributed by atoms with van der Waals surface area (Å²) in [6, 6.07) is 1.14. The largest absolute Gasteiger partial charge is 0.396 e. The highest BCUT2D eigenvalue weighted by molar-refractivity contribution is 4.85. The number of aliphatic hydroxyl groups excluding tert-OH is 1. The monoisotopic (exact) mass is 214 g/mol. The SMILES string of the molecule is CCNC(CCO)CN(C)C(C)C1CC1. The molecule has 0 radical (unpaired) electrons. The van der Waals surface area contributed by atoms with E-state index in [0.29, 0.717) is 12.1 Å². The second kappa shape index (κ2) is 6.46. The van der Waals surface area contributed by atoms with Crippen molar-refractivity contribution in [2.24, 2.45) is 5.92 Å². The standard InChI is InChI=1S/C12H26N2O/c1-4-13-12(7-8-15)9-14(3)10(2)11-5-6-11/h10-13,15H,4-9H2,1-3H3. The summed E-state index contributed by atoms with van der Waals surface area (Å²) in [5.41, 5.74) is 0. The molecule has 0 aliphatic heterocycles. The number of nitrogens with one attached hydrogen (secondary N) is 1. The van der Waals surface area contributed by atoms with E-state index in [2.05, 4.69) is 31.1 Å². The molecule has 0 aromatic rings. The first-order valence-electron chi connectivity index (χ1n) is 6.23. The Hall–Kier alpha value is -0.120. The molecule has 3 nitrogen and oxygen atoms in total. The summed E-state index contributed by atoms with van der Waals surface area (Å²) in [5.74, 6) is 0.923. The summed E-state index contributed by atoms with van der Waals surface area (Å²) in [4.78, 5) is 2.43. The Balaban J connectivity index is 2.27. The number of rotatable bonds is 8. The third kappa shape index (κ3) is 4.49. The molecule has 0 aromatic carbocycles. The Morgan fingerprint density at radius 1 is 1.47 bits per heavy atom. The average Bonchev–Trinajstić information content (AvgIpc) is 3.00. The third-order valence-electron chi connectivity index (χ3n) is 3.48. The van der Waals surface area contributed by atoms with Crippen LogP contribution >= 0.6 is 0 Å². The predicted octanol–water partition coefficient (Wildman–Crippen LogP) is 1.08. The van der Waals surface area contributed by atoms with E-state index in [9.17, 15) is 0 Å². The Morgan fingerprint density at radius 2 is 2.13 bits per heavy atom. The summed E-state index contributed by atoms with van der Waals surface area (Å²) in [6.07, 6.45) is 3.66. The van der Waals surface area contributed by atoms with E-state index in [1.54, 1.807) is 0 Å². The zero-order chi connectivity index (χ0) is 11.3. The summed E-state index contributed by atoms with van der Waals surface area (Å²) >= 11 is 0. The van der Waals surface area contributed by atoms with Gasteiger partial charge in [0.1, 0.15) is 0 Å². The molecule has 0 saturated heterocycles. The van der Waals surface area contributed by atoms with Gasteiger partial charge in [-0.1, -0.05) is 6.92 Å². The van der Waals surface area contributed by atoms with Crippen molar-refractivity contribution in [1.82, 2.24) is 10.2 Å². The summed E-state index contributed by atoms with van der Waals surface area (Å²) in [7, 11) is 2.20. The van der Waals surface area contributed by atoms with Crippen LogP contribution in [0.3, 0.4) is 0 Å². The highest BCUT2D eigenvalue weighted by atomic mass is 16.3. The molecule has 90 valence electrons. The lowest BCUT2D eigenvalue weighted by Crippen LogP contribution is -2.43. The van der Waals surface area contributed by atoms with Crippen LogP contribution in [-0.4, -0.2) is 48.8 Å². The van der Waals surface area contributed by atoms with Crippen LogP contribution in [0.4, 0.5) is 0 Å². The quantitative estimate of drug-likeness (QED) is 0.634. The van der Waals surface area contributed by atoms with Crippen LogP contribution in [0.1, 0.15) is 33.1 Å². The Labute approximate surface area is 93.9 Å². The number of hydrogen-bond acceptors (Lipinski definition) is 3. The van der Waals surface area contributed by atoms with Crippen LogP contribution in [0.15, 0.2) is 0 Å². The van der Waals surface area contributed by atoms with Crippen molar-refractivity contribution in [2.45, 2.75) is 45.2 Å². The lowest BCUT2D eigenvalue weighted by Gasteiger charge is -2.29. The van der Waals surface area contributed by atoms with Crippen molar-refractivity contribution < 1.29 is 5.11 Å². The fraction of sp³-hybridized carbons (Fsp3) is 1.00. The van der Waals surface area contributed by atoms with Gasteiger partial charge in [0.25, 0.3) is 0 Å². The lowest BCUT2D eigenvalue weighted by atomic mass is 10.1. The van der Waals surface area contributed by atoms with Crippen molar-refractivity contribution in [3.63, 3.8) is 0 Å². The van der Waals surface area contributed by atoms with Gasteiger partial charge in [-0.25, -0.2) is 0 Å². The van der Waals surface area contributed by atoms with E-state index >= 15 is 0 Å². The molecule has 1 fully saturated rings. The number of aliphatic hydroxyl groups is 1. The highest BCUT2D eigenvalue weighted by Gasteiger charge is 2.30. The smallest absolute Gasteiger partial charge is 0.0446 e. The minimum atomic E-state index is 0.281. The van der Waals surface area contributed by atoms with E-state index in [4.69, 9.17) is 5.11 Å². The minimum Gasteiger partial charge on any atom is -0.396 e. The molecule has 1 aliphatic carbocycles. The molecule has 0 spiro atoms. The Morgan fingerprint density at radius 3 is 2.60 bits per heavy atom. The minimum absolute atomic E-state index is 0.281. The van der Waals surface area contributed by atoms with Crippen LogP contribution < -0.4 is 5.32 Å². The van der Waals surface area contributed by atoms with Gasteiger partial charge in [-0.05, 0) is 45.7 Å². The summed E-state index contributed by atoms with van der Waals surface area (Å²) in [5, 5.41) is 12.4. The van der Waals surface area contributed by atoms with E-state index in [0.717, 1.165) is 25.4 Å². The molecule has 1 aliphatic rings. The van der Waals surface area contributed by atoms with Gasteiger partial charge in [-0.15, -0.1) is 0 Å². The van der Waals surface area contributed by atoms with Gasteiger partial charge in [-0.2, -0.15) is 0 Å². The van der Waals surface area contributed by atoms with Gasteiger partial charge in [0, 0.05) is 25.2 Å². The predicted molar refractivity (Wildman–Crippen MR) is 64.0 cm³/mol. The van der Waals surface area contributed by atoms with E-state index in [1.807, 2.05) is 0 Å². The first-order chi connectivity index (χ1) is 7.19.